The van der Waals surface area contributed by atoms with Gasteiger partial charge in [-0.05, 0) is 39.7 Å². The molecule has 1 aliphatic rings. The Morgan fingerprint density at radius 1 is 1.26 bits per heavy atom. The Labute approximate surface area is 120 Å². The van der Waals surface area contributed by atoms with Gasteiger partial charge in [0.1, 0.15) is 16.8 Å². The van der Waals surface area contributed by atoms with Crippen molar-refractivity contribution >= 4 is 17.4 Å². The third-order valence-electron chi connectivity index (χ3n) is 3.67. The molecule has 1 aliphatic heterocycles. The van der Waals surface area contributed by atoms with E-state index in [9.17, 15) is 0 Å². The van der Waals surface area contributed by atoms with Crippen LogP contribution in [0.5, 0.6) is 0 Å². The summed E-state index contributed by atoms with van der Waals surface area (Å²) in [5.41, 5.74) is 0.947. The van der Waals surface area contributed by atoms with Crippen molar-refractivity contribution in [3.8, 4) is 0 Å². The number of hydrogen-bond donors (Lipinski definition) is 1. The monoisotopic (exact) mass is 282 g/mol. The van der Waals surface area contributed by atoms with Crippen molar-refractivity contribution in [2.75, 3.05) is 25.0 Å². The Kier molecular flexibility index (Phi) is 4.99. The van der Waals surface area contributed by atoms with Gasteiger partial charge in [-0.3, -0.25) is 0 Å². The van der Waals surface area contributed by atoms with Crippen LogP contribution in [0.1, 0.15) is 37.6 Å². The second-order valence-corrected chi connectivity index (χ2v) is 5.65. The summed E-state index contributed by atoms with van der Waals surface area (Å²) < 4.78 is 0. The number of nitrogens with one attached hydrogen (secondary N) is 1. The van der Waals surface area contributed by atoms with Crippen molar-refractivity contribution in [2.45, 2.75) is 46.1 Å². The number of halogens is 1. The summed E-state index contributed by atoms with van der Waals surface area (Å²) in [5, 5.41) is 4.09. The molecule has 0 atom stereocenters. The van der Waals surface area contributed by atoms with Gasteiger partial charge < -0.3 is 10.2 Å². The summed E-state index contributed by atoms with van der Waals surface area (Å²) in [6.07, 6.45) is 3.57. The summed E-state index contributed by atoms with van der Waals surface area (Å²) in [6, 6.07) is 0.497. The van der Waals surface area contributed by atoms with E-state index in [0.29, 0.717) is 11.2 Å². The first kappa shape index (κ1) is 14.5. The number of hydrogen-bond acceptors (Lipinski definition) is 4. The molecule has 0 amide bonds. The number of nitrogens with zero attached hydrogens (tertiary/aromatic N) is 3. The van der Waals surface area contributed by atoms with Crippen LogP contribution in [0.25, 0.3) is 0 Å². The zero-order valence-corrected chi connectivity index (χ0v) is 12.8. The fourth-order valence-corrected chi connectivity index (χ4v) is 2.76. The highest BCUT2D eigenvalue weighted by atomic mass is 35.5. The predicted octanol–water partition coefficient (Wildman–Crippen LogP) is 3.03. The summed E-state index contributed by atoms with van der Waals surface area (Å²) in [7, 11) is 0. The van der Waals surface area contributed by atoms with Gasteiger partial charge in [-0.1, -0.05) is 18.5 Å². The quantitative estimate of drug-likeness (QED) is 0.862. The number of aryl methyl sites for hydroxylation is 1. The molecule has 0 saturated carbocycles. The third-order valence-corrected chi connectivity index (χ3v) is 4.03. The maximum absolute atomic E-state index is 6.10. The van der Waals surface area contributed by atoms with E-state index in [1.165, 1.54) is 38.9 Å². The van der Waals surface area contributed by atoms with Crippen molar-refractivity contribution in [2.24, 2.45) is 0 Å². The van der Waals surface area contributed by atoms with Gasteiger partial charge in [-0.2, -0.15) is 0 Å². The molecule has 1 aromatic rings. The van der Waals surface area contributed by atoms with Gasteiger partial charge in [-0.15, -0.1) is 0 Å². The lowest BCUT2D eigenvalue weighted by molar-refractivity contribution is 0.219. The maximum atomic E-state index is 6.10. The molecule has 1 aromatic heterocycles. The minimum Gasteiger partial charge on any atom is -0.367 e. The van der Waals surface area contributed by atoms with Gasteiger partial charge in [-0.25, -0.2) is 9.97 Å². The Morgan fingerprint density at radius 2 is 1.95 bits per heavy atom. The zero-order valence-electron chi connectivity index (χ0n) is 12.0. The van der Waals surface area contributed by atoms with E-state index < -0.39 is 0 Å². The van der Waals surface area contributed by atoms with Gasteiger partial charge in [0.2, 0.25) is 0 Å². The molecule has 1 N–H and O–H groups in total. The molecule has 5 heteroatoms. The molecule has 0 unspecified atom stereocenters. The van der Waals surface area contributed by atoms with Crippen LogP contribution < -0.4 is 5.32 Å². The normalized spacial score (nSPS) is 17.7. The minimum absolute atomic E-state index is 0.497. The molecular weight excluding hydrogens is 260 g/mol. The SMILES string of the molecule is CCCN1CCC(Nc2nc(C)nc(Cl)c2C)CC1. The second kappa shape index (κ2) is 6.53. The molecule has 106 valence electrons. The number of anilines is 1. The fourth-order valence-electron chi connectivity index (χ4n) is 2.55. The first-order chi connectivity index (χ1) is 9.10. The topological polar surface area (TPSA) is 41.0 Å². The van der Waals surface area contributed by atoms with E-state index in [4.69, 9.17) is 11.6 Å². The van der Waals surface area contributed by atoms with Crippen LogP contribution >= 0.6 is 11.6 Å². The Bertz CT molecular complexity index is 428. The highest BCUT2D eigenvalue weighted by Gasteiger charge is 2.19. The Hall–Kier alpha value is -0.870. The number of piperidine rings is 1. The molecule has 19 heavy (non-hydrogen) atoms. The maximum Gasteiger partial charge on any atom is 0.137 e. The van der Waals surface area contributed by atoms with E-state index in [1.807, 2.05) is 13.8 Å². The molecule has 0 aliphatic carbocycles. The van der Waals surface area contributed by atoms with E-state index >= 15 is 0 Å². The fraction of sp³-hybridized carbons (Fsp3) is 0.714. The average Bonchev–Trinajstić information content (AvgIpc) is 2.38. The molecule has 2 heterocycles. The minimum atomic E-state index is 0.497. The largest absolute Gasteiger partial charge is 0.367 e. The van der Waals surface area contributed by atoms with E-state index in [1.54, 1.807) is 0 Å². The summed E-state index contributed by atoms with van der Waals surface area (Å²) in [5.74, 6) is 1.62. The van der Waals surface area contributed by atoms with Crippen LogP contribution in [-0.2, 0) is 0 Å². The first-order valence-electron chi connectivity index (χ1n) is 7.09. The van der Waals surface area contributed by atoms with Crippen LogP contribution in [0.2, 0.25) is 5.15 Å². The number of likely N-dealkylation sites (tertiary alicyclic amines) is 1. The van der Waals surface area contributed by atoms with Gasteiger partial charge in [0, 0.05) is 24.7 Å². The number of rotatable bonds is 4. The molecule has 0 aromatic carbocycles. The van der Waals surface area contributed by atoms with Gasteiger partial charge in [0.05, 0.1) is 0 Å². The lowest BCUT2D eigenvalue weighted by atomic mass is 10.0. The van der Waals surface area contributed by atoms with Crippen molar-refractivity contribution in [3.05, 3.63) is 16.5 Å². The summed E-state index contributed by atoms with van der Waals surface area (Å²) in [4.78, 5) is 11.2. The highest BCUT2D eigenvalue weighted by molar-refractivity contribution is 6.30. The van der Waals surface area contributed by atoms with E-state index in [-0.39, 0.29) is 0 Å². The van der Waals surface area contributed by atoms with Crippen LogP contribution in [0, 0.1) is 13.8 Å². The second-order valence-electron chi connectivity index (χ2n) is 5.30. The van der Waals surface area contributed by atoms with Crippen LogP contribution in [0.4, 0.5) is 5.82 Å². The lowest BCUT2D eigenvalue weighted by Crippen LogP contribution is -2.39. The molecule has 1 fully saturated rings. The van der Waals surface area contributed by atoms with E-state index in [2.05, 4.69) is 27.1 Å². The molecular formula is C14H23ClN4. The average molecular weight is 283 g/mol. The van der Waals surface area contributed by atoms with E-state index in [0.717, 1.165) is 17.2 Å². The van der Waals surface area contributed by atoms with Crippen LogP contribution in [-0.4, -0.2) is 40.5 Å². The van der Waals surface area contributed by atoms with Crippen LogP contribution in [0.15, 0.2) is 0 Å². The number of aromatic nitrogens is 2. The lowest BCUT2D eigenvalue weighted by Gasteiger charge is -2.32. The first-order valence-corrected chi connectivity index (χ1v) is 7.47. The summed E-state index contributed by atoms with van der Waals surface area (Å²) in [6.45, 7) is 9.63. The van der Waals surface area contributed by atoms with Gasteiger partial charge in [0.25, 0.3) is 0 Å². The van der Waals surface area contributed by atoms with Gasteiger partial charge >= 0.3 is 0 Å². The molecule has 0 bridgehead atoms. The Morgan fingerprint density at radius 3 is 2.58 bits per heavy atom. The molecule has 1 saturated heterocycles. The van der Waals surface area contributed by atoms with Crippen LogP contribution in [0.3, 0.4) is 0 Å². The zero-order chi connectivity index (χ0) is 13.8. The molecule has 4 nitrogen and oxygen atoms in total. The predicted molar refractivity (Wildman–Crippen MR) is 79.9 cm³/mol. The molecule has 0 radical (unpaired) electrons. The van der Waals surface area contributed by atoms with Crippen molar-refractivity contribution < 1.29 is 0 Å². The molecule has 2 rings (SSSR count). The third kappa shape index (κ3) is 3.80. The van der Waals surface area contributed by atoms with Gasteiger partial charge in [0.15, 0.2) is 0 Å². The van der Waals surface area contributed by atoms with Crippen molar-refractivity contribution in [1.82, 2.24) is 14.9 Å². The van der Waals surface area contributed by atoms with Crippen molar-refractivity contribution in [3.63, 3.8) is 0 Å². The van der Waals surface area contributed by atoms with Crippen molar-refractivity contribution in [1.29, 1.82) is 0 Å². The standard InChI is InChI=1S/C14H23ClN4/c1-4-7-19-8-5-12(6-9-19)18-14-10(2)13(15)16-11(3)17-14/h12H,4-9H2,1-3H3,(H,16,17,18). The smallest absolute Gasteiger partial charge is 0.137 e. The molecule has 0 spiro atoms. The highest BCUT2D eigenvalue weighted by Crippen LogP contribution is 2.22. The summed E-state index contributed by atoms with van der Waals surface area (Å²) >= 11 is 6.10. The Balaban J connectivity index is 1.96.